The summed E-state index contributed by atoms with van der Waals surface area (Å²) in [6, 6.07) is 29.3. The molecule has 1 atom stereocenters. The number of phenols is 1. The average molecular weight is 1090 g/mol. The van der Waals surface area contributed by atoms with Gasteiger partial charge >= 0.3 is 18.5 Å². The minimum atomic E-state index is -0.780. The highest BCUT2D eigenvalue weighted by Gasteiger charge is 2.28. The normalized spacial score (nSPS) is 17.5. The van der Waals surface area contributed by atoms with E-state index >= 15 is 0 Å². The highest BCUT2D eigenvalue weighted by Crippen LogP contribution is 2.34. The summed E-state index contributed by atoms with van der Waals surface area (Å²) in [5, 5.41) is 18.1. The van der Waals surface area contributed by atoms with Gasteiger partial charge in [0.25, 0.3) is 0 Å². The number of hydrogen-bond donors (Lipinski definition) is 2. The minimum Gasteiger partial charge on any atom is -0.508 e. The summed E-state index contributed by atoms with van der Waals surface area (Å²) >= 11 is 0. The van der Waals surface area contributed by atoms with Gasteiger partial charge in [-0.15, -0.1) is 0 Å². The molecule has 2 aliphatic rings. The molecule has 14 heteroatoms. The van der Waals surface area contributed by atoms with E-state index in [-0.39, 0.29) is 31.4 Å². The molecular weight excluding hydrogens is 993 g/mol. The van der Waals surface area contributed by atoms with Crippen molar-refractivity contribution in [1.29, 1.82) is 0 Å². The number of aromatic hydroxyl groups is 1. The summed E-state index contributed by atoms with van der Waals surface area (Å²) in [6.45, 7) is 21.3. The van der Waals surface area contributed by atoms with Crippen LogP contribution in [-0.4, -0.2) is 64.2 Å². The molecule has 0 saturated heterocycles. The topological polar surface area (TPSA) is 190 Å². The molecule has 0 bridgehead atoms. The average Bonchev–Trinajstić information content (AvgIpc) is 3.39. The van der Waals surface area contributed by atoms with Gasteiger partial charge in [0.2, 0.25) is 0 Å². The maximum absolute atomic E-state index is 12.7. The second-order valence-electron chi connectivity index (χ2n) is 23.0. The van der Waals surface area contributed by atoms with E-state index in [9.17, 15) is 24.0 Å². The lowest BCUT2D eigenvalue weighted by atomic mass is 9.77. The number of hydrogen-bond acceptors (Lipinski definition) is 14. The van der Waals surface area contributed by atoms with Crippen LogP contribution in [0.5, 0.6) is 28.7 Å². The zero-order chi connectivity index (χ0) is 57.7. The van der Waals surface area contributed by atoms with E-state index in [2.05, 4.69) is 13.8 Å². The molecule has 14 nitrogen and oxygen atoms in total. The molecule has 2 saturated carbocycles. The maximum Gasteiger partial charge on any atom is 0.514 e. The Kier molecular flexibility index (Phi) is 28.5. The number of ketones is 1. The molecule has 1 unspecified atom stereocenters. The zero-order valence-electron chi connectivity index (χ0n) is 48.4. The van der Waals surface area contributed by atoms with Crippen molar-refractivity contribution in [3.05, 3.63) is 114 Å². The summed E-state index contributed by atoms with van der Waals surface area (Å²) in [5.41, 5.74) is -0.0382. The van der Waals surface area contributed by atoms with Crippen LogP contribution in [0.15, 0.2) is 103 Å². The van der Waals surface area contributed by atoms with E-state index in [1.807, 2.05) is 37.3 Å². The Morgan fingerprint density at radius 3 is 1.45 bits per heavy atom. The van der Waals surface area contributed by atoms with E-state index < -0.39 is 35.3 Å². The largest absolute Gasteiger partial charge is 0.514 e. The fourth-order valence-corrected chi connectivity index (χ4v) is 8.74. The predicted octanol–water partition coefficient (Wildman–Crippen LogP) is 16.5. The van der Waals surface area contributed by atoms with Gasteiger partial charge in [0.1, 0.15) is 58.4 Å². The van der Waals surface area contributed by atoms with Crippen molar-refractivity contribution in [3.63, 3.8) is 0 Å². The van der Waals surface area contributed by atoms with Crippen LogP contribution in [0.4, 0.5) is 14.4 Å². The van der Waals surface area contributed by atoms with Crippen LogP contribution in [-0.2, 0) is 25.6 Å². The van der Waals surface area contributed by atoms with Gasteiger partial charge in [0.15, 0.2) is 5.78 Å². The van der Waals surface area contributed by atoms with E-state index in [0.29, 0.717) is 47.5 Å². The first-order valence-corrected chi connectivity index (χ1v) is 27.9. The van der Waals surface area contributed by atoms with Crippen LogP contribution in [0.2, 0.25) is 0 Å². The van der Waals surface area contributed by atoms with E-state index in [1.54, 1.807) is 104 Å². The number of carbonyl (C=O) groups excluding carboxylic acids is 5. The molecule has 78 heavy (non-hydrogen) atoms. The van der Waals surface area contributed by atoms with Crippen molar-refractivity contribution in [2.24, 2.45) is 29.6 Å². The van der Waals surface area contributed by atoms with Gasteiger partial charge in [-0.2, -0.15) is 0 Å². The van der Waals surface area contributed by atoms with Crippen molar-refractivity contribution in [2.75, 3.05) is 6.61 Å². The van der Waals surface area contributed by atoms with Gasteiger partial charge in [-0.1, -0.05) is 76.8 Å². The van der Waals surface area contributed by atoms with Crippen molar-refractivity contribution < 1.29 is 68.8 Å². The predicted molar refractivity (Wildman–Crippen MR) is 305 cm³/mol. The van der Waals surface area contributed by atoms with Crippen LogP contribution < -0.4 is 18.9 Å². The summed E-state index contributed by atoms with van der Waals surface area (Å²) in [4.78, 5) is 58.0. The Bertz CT molecular complexity index is 2340. The van der Waals surface area contributed by atoms with Gasteiger partial charge < -0.3 is 48.2 Å². The SMILES string of the molecule is CC(C)(C)OC(=O)Oc1ccc(OCc2ccccc2)cc1.CC(CO)CCC(C)(C)OC(=O)Oc1ccc(O)cc1.CCCC1CCC(C(=O)c2ccc(OC(=O)OC(C)(C)C)cc2)CC1.CCCC1CCC(C=O)CC1.[HH]. The zero-order valence-corrected chi connectivity index (χ0v) is 48.4. The third-order valence-electron chi connectivity index (χ3n) is 13.0. The van der Waals surface area contributed by atoms with E-state index in [1.165, 1.54) is 62.8 Å². The monoisotopic (exact) mass is 1080 g/mol. The molecule has 0 heterocycles. The fraction of sp³-hybridized carbons (Fsp3) is 0.547. The number of ether oxygens (including phenoxy) is 7. The molecule has 2 fully saturated rings. The van der Waals surface area contributed by atoms with Crippen molar-refractivity contribution in [2.45, 2.75) is 189 Å². The summed E-state index contributed by atoms with van der Waals surface area (Å²) < 4.78 is 36.4. The van der Waals surface area contributed by atoms with E-state index in [0.717, 1.165) is 68.6 Å². The Morgan fingerprint density at radius 1 is 0.590 bits per heavy atom. The Morgan fingerprint density at radius 2 is 1.01 bits per heavy atom. The van der Waals surface area contributed by atoms with E-state index in [4.69, 9.17) is 43.4 Å². The van der Waals surface area contributed by atoms with Gasteiger partial charge in [0.05, 0.1) is 0 Å². The highest BCUT2D eigenvalue weighted by atomic mass is 16.7. The number of phenolic OH excluding ortho intramolecular Hbond substituents is 1. The number of benzene rings is 4. The molecular formula is C64H92O14. The quantitative estimate of drug-likeness (QED) is 0.0314. The van der Waals surface area contributed by atoms with Crippen molar-refractivity contribution in [1.82, 2.24) is 0 Å². The number of Topliss-reactive ketones (excluding diaryl/α,β-unsaturated/α-hetero) is 1. The molecule has 0 amide bonds. The maximum atomic E-state index is 12.7. The van der Waals surface area contributed by atoms with Crippen molar-refractivity contribution in [3.8, 4) is 28.7 Å². The third-order valence-corrected chi connectivity index (χ3v) is 13.0. The van der Waals surface area contributed by atoms with Crippen LogP contribution in [0.25, 0.3) is 0 Å². The first kappa shape index (κ1) is 65.9. The summed E-state index contributed by atoms with van der Waals surface area (Å²) in [7, 11) is 0. The number of aliphatic hydroxyl groups is 1. The Hall–Kier alpha value is -6.41. The summed E-state index contributed by atoms with van der Waals surface area (Å²) in [5.74, 6) is 4.55. The number of aldehydes is 1. The minimum absolute atomic E-state index is 0. The van der Waals surface area contributed by atoms with Crippen LogP contribution in [0.3, 0.4) is 0 Å². The van der Waals surface area contributed by atoms with Gasteiger partial charge in [-0.05, 0) is 216 Å². The summed E-state index contributed by atoms with van der Waals surface area (Å²) in [6.07, 6.45) is 14.6. The molecule has 0 radical (unpaired) electrons. The molecule has 4 aromatic rings. The standard InChI is InChI=1S/C21H30O4.C18H20O4.C15H22O5.C10H18O.H2/c1-5-6-15-7-9-16(10-8-15)19(22)17-11-13-18(14-12-17)24-20(23)25-21(2,3)4;1-18(2,3)22-17(19)21-16-11-9-15(10-12-16)20-13-14-7-5-4-6-8-14;1-11(10-16)8-9-15(2,3)20-14(18)19-13-6-4-12(17)5-7-13;1-2-3-9-4-6-10(8-11)7-5-9;/h11-16H,5-10H2,1-4H3;4-12H,13H2,1-3H3;4-7,11,16-17H,8-10H2,1-3H3;8-10H,2-7H2,1H3;1H. The molecule has 6 rings (SSSR count). The second kappa shape index (κ2) is 33.8. The molecule has 0 spiro atoms. The Labute approximate surface area is 466 Å². The fourth-order valence-electron chi connectivity index (χ4n) is 8.74. The number of aliphatic hydroxyl groups excluding tert-OH is 1. The van der Waals surface area contributed by atoms with Gasteiger partial charge in [0, 0.05) is 25.4 Å². The smallest absolute Gasteiger partial charge is 0.508 e. The molecule has 0 aromatic heterocycles. The molecule has 0 aliphatic heterocycles. The van der Waals surface area contributed by atoms with Gasteiger partial charge in [-0.3, -0.25) is 4.79 Å². The van der Waals surface area contributed by atoms with Crippen LogP contribution >= 0.6 is 0 Å². The second-order valence-corrected chi connectivity index (χ2v) is 23.0. The number of rotatable bonds is 18. The lowest BCUT2D eigenvalue weighted by molar-refractivity contribution is -0.112. The van der Waals surface area contributed by atoms with Crippen LogP contribution in [0, 0.1) is 29.6 Å². The highest BCUT2D eigenvalue weighted by molar-refractivity contribution is 5.98. The molecule has 432 valence electrons. The van der Waals surface area contributed by atoms with Crippen molar-refractivity contribution >= 4 is 30.5 Å². The molecule has 2 N–H and O–H groups in total. The lowest BCUT2D eigenvalue weighted by Gasteiger charge is -2.27. The molecule has 2 aliphatic carbocycles. The third kappa shape index (κ3) is 28.3. The molecule has 4 aromatic carbocycles. The number of carbonyl (C=O) groups is 5. The van der Waals surface area contributed by atoms with Gasteiger partial charge in [-0.25, -0.2) is 14.4 Å². The first-order chi connectivity index (χ1) is 36.9. The van der Waals surface area contributed by atoms with Crippen LogP contribution in [0.1, 0.15) is 183 Å². The first-order valence-electron chi connectivity index (χ1n) is 27.9. The lowest BCUT2D eigenvalue weighted by Crippen LogP contribution is -2.30. The Balaban J connectivity index is 0.000000370.